The molecule has 156 valence electrons. The van der Waals surface area contributed by atoms with Crippen LogP contribution in [0.3, 0.4) is 0 Å². The Kier molecular flexibility index (Phi) is 6.97. The number of hydrogen-bond acceptors (Lipinski definition) is 6. The number of anilines is 1. The van der Waals surface area contributed by atoms with Crippen molar-refractivity contribution in [1.82, 2.24) is 4.98 Å². The van der Waals surface area contributed by atoms with Gasteiger partial charge in [0.15, 0.2) is 16.6 Å². The second kappa shape index (κ2) is 9.84. The van der Waals surface area contributed by atoms with Gasteiger partial charge in [-0.1, -0.05) is 18.2 Å². The molecule has 9 heteroatoms. The number of ether oxygens (including phenoxy) is 3. The van der Waals surface area contributed by atoms with Gasteiger partial charge in [-0.15, -0.1) is 11.3 Å². The summed E-state index contributed by atoms with van der Waals surface area (Å²) in [7, 11) is 3.07. The zero-order valence-corrected chi connectivity index (χ0v) is 16.9. The molecule has 1 heterocycles. The SMILES string of the molecule is COc1ccc(/C=C/C(=O)Nc2nc(-c3ccccc3OC(F)F)cs2)cc1OC. The Hall–Kier alpha value is -3.46. The average Bonchev–Trinajstić information content (AvgIpc) is 3.20. The van der Waals surface area contributed by atoms with Crippen LogP contribution in [0.1, 0.15) is 5.56 Å². The lowest BCUT2D eigenvalue weighted by Crippen LogP contribution is -2.07. The van der Waals surface area contributed by atoms with Crippen LogP contribution in [0, 0.1) is 0 Å². The number of carbonyl (C=O) groups is 1. The summed E-state index contributed by atoms with van der Waals surface area (Å²) >= 11 is 1.18. The molecule has 1 amide bonds. The maximum atomic E-state index is 12.6. The maximum absolute atomic E-state index is 12.6. The quantitative estimate of drug-likeness (QED) is 0.503. The third kappa shape index (κ3) is 5.32. The van der Waals surface area contributed by atoms with Gasteiger partial charge in [-0.3, -0.25) is 10.1 Å². The number of methoxy groups -OCH3 is 2. The zero-order chi connectivity index (χ0) is 21.5. The minimum absolute atomic E-state index is 0.0176. The number of nitrogens with one attached hydrogen (secondary N) is 1. The van der Waals surface area contributed by atoms with Gasteiger partial charge in [0.05, 0.1) is 19.9 Å². The van der Waals surface area contributed by atoms with Gasteiger partial charge in [0, 0.05) is 17.0 Å². The smallest absolute Gasteiger partial charge is 0.387 e. The van der Waals surface area contributed by atoms with Gasteiger partial charge in [0.25, 0.3) is 0 Å². The van der Waals surface area contributed by atoms with Crippen molar-refractivity contribution in [2.45, 2.75) is 6.61 Å². The largest absolute Gasteiger partial charge is 0.493 e. The number of benzene rings is 2. The van der Waals surface area contributed by atoms with Crippen LogP contribution in [0.2, 0.25) is 0 Å². The fraction of sp³-hybridized carbons (Fsp3) is 0.143. The summed E-state index contributed by atoms with van der Waals surface area (Å²) in [6.07, 6.45) is 2.98. The van der Waals surface area contributed by atoms with Gasteiger partial charge in [-0.2, -0.15) is 8.78 Å². The monoisotopic (exact) mass is 432 g/mol. The molecule has 0 spiro atoms. The van der Waals surface area contributed by atoms with Crippen LogP contribution >= 0.6 is 11.3 Å². The van der Waals surface area contributed by atoms with E-state index in [2.05, 4.69) is 15.0 Å². The molecule has 0 saturated heterocycles. The molecule has 0 aliphatic heterocycles. The average molecular weight is 432 g/mol. The third-order valence-corrected chi connectivity index (χ3v) is 4.71. The summed E-state index contributed by atoms with van der Waals surface area (Å²) in [5.74, 6) is 0.770. The fourth-order valence-corrected chi connectivity index (χ4v) is 3.32. The molecule has 0 saturated carbocycles. The minimum Gasteiger partial charge on any atom is -0.493 e. The van der Waals surface area contributed by atoms with Crippen LogP contribution < -0.4 is 19.5 Å². The number of nitrogens with zero attached hydrogens (tertiary/aromatic N) is 1. The third-order valence-electron chi connectivity index (χ3n) is 3.95. The van der Waals surface area contributed by atoms with E-state index in [9.17, 15) is 13.6 Å². The number of aromatic nitrogens is 1. The molecule has 0 unspecified atom stereocenters. The highest BCUT2D eigenvalue weighted by Gasteiger charge is 2.14. The van der Waals surface area contributed by atoms with E-state index in [1.165, 1.54) is 30.6 Å². The van der Waals surface area contributed by atoms with Crippen molar-refractivity contribution < 1.29 is 27.8 Å². The molecule has 1 N–H and O–H groups in total. The molecule has 3 aromatic rings. The first-order valence-electron chi connectivity index (χ1n) is 8.71. The Morgan fingerprint density at radius 2 is 1.87 bits per heavy atom. The standard InChI is InChI=1S/C21H18F2N2O4S/c1-27-17-9-7-13(11-18(17)28-2)8-10-19(26)25-21-24-15(12-30-21)14-5-3-4-6-16(14)29-20(22)23/h3-12,20H,1-2H3,(H,24,25,26)/b10-8+. The minimum atomic E-state index is -2.94. The Bertz CT molecular complexity index is 1050. The molecule has 3 rings (SSSR count). The summed E-state index contributed by atoms with van der Waals surface area (Å²) in [6.45, 7) is -2.94. The number of rotatable bonds is 8. The molecule has 0 aliphatic rings. The summed E-state index contributed by atoms with van der Waals surface area (Å²) in [4.78, 5) is 16.5. The van der Waals surface area contributed by atoms with Crippen LogP contribution in [0.5, 0.6) is 17.2 Å². The lowest BCUT2D eigenvalue weighted by Gasteiger charge is -2.08. The van der Waals surface area contributed by atoms with E-state index in [4.69, 9.17) is 9.47 Å². The summed E-state index contributed by atoms with van der Waals surface area (Å²) in [5.41, 5.74) is 1.59. The number of alkyl halides is 2. The van der Waals surface area contributed by atoms with Crippen LogP contribution in [0.4, 0.5) is 13.9 Å². The van der Waals surface area contributed by atoms with Crippen LogP contribution in [-0.2, 0) is 4.79 Å². The van der Waals surface area contributed by atoms with E-state index in [1.54, 1.807) is 55.0 Å². The molecular formula is C21H18F2N2O4S. The van der Waals surface area contributed by atoms with Crippen LogP contribution in [0.25, 0.3) is 17.3 Å². The summed E-state index contributed by atoms with van der Waals surface area (Å²) in [6, 6.07) is 11.6. The van der Waals surface area contributed by atoms with Crippen molar-refractivity contribution in [3.05, 3.63) is 59.5 Å². The van der Waals surface area contributed by atoms with E-state index < -0.39 is 6.61 Å². The Morgan fingerprint density at radius 3 is 2.60 bits per heavy atom. The van der Waals surface area contributed by atoms with E-state index in [0.29, 0.717) is 27.9 Å². The van der Waals surface area contributed by atoms with E-state index in [0.717, 1.165) is 5.56 Å². The van der Waals surface area contributed by atoms with Crippen molar-refractivity contribution in [2.24, 2.45) is 0 Å². The zero-order valence-electron chi connectivity index (χ0n) is 16.1. The number of halogens is 2. The van der Waals surface area contributed by atoms with E-state index in [-0.39, 0.29) is 11.7 Å². The Balaban J connectivity index is 1.69. The lowest BCUT2D eigenvalue weighted by atomic mass is 10.1. The van der Waals surface area contributed by atoms with Crippen molar-refractivity contribution in [1.29, 1.82) is 0 Å². The van der Waals surface area contributed by atoms with Gasteiger partial charge in [-0.05, 0) is 35.9 Å². The number of carbonyl (C=O) groups excluding carboxylic acids is 1. The maximum Gasteiger partial charge on any atom is 0.387 e. The predicted octanol–water partition coefficient (Wildman–Crippen LogP) is 5.08. The first kappa shape index (κ1) is 21.3. The van der Waals surface area contributed by atoms with Gasteiger partial charge in [-0.25, -0.2) is 4.98 Å². The Morgan fingerprint density at radius 1 is 1.10 bits per heavy atom. The van der Waals surface area contributed by atoms with Crippen molar-refractivity contribution in [3.8, 4) is 28.5 Å². The molecule has 0 atom stereocenters. The molecule has 1 aromatic heterocycles. The molecule has 0 fully saturated rings. The highest BCUT2D eigenvalue weighted by atomic mass is 32.1. The first-order chi connectivity index (χ1) is 14.5. The molecule has 30 heavy (non-hydrogen) atoms. The van der Waals surface area contributed by atoms with E-state index >= 15 is 0 Å². The first-order valence-corrected chi connectivity index (χ1v) is 9.59. The second-order valence-electron chi connectivity index (χ2n) is 5.85. The van der Waals surface area contributed by atoms with Crippen molar-refractivity contribution in [3.63, 3.8) is 0 Å². The topological polar surface area (TPSA) is 69.7 Å². The fourth-order valence-electron chi connectivity index (χ4n) is 2.61. The lowest BCUT2D eigenvalue weighted by molar-refractivity contribution is -0.111. The predicted molar refractivity (Wildman–Crippen MR) is 111 cm³/mol. The van der Waals surface area contributed by atoms with E-state index in [1.807, 2.05) is 0 Å². The number of amides is 1. The summed E-state index contributed by atoms with van der Waals surface area (Å²) < 4.78 is 40.1. The number of para-hydroxylation sites is 1. The van der Waals surface area contributed by atoms with Crippen LogP contribution in [0.15, 0.2) is 53.9 Å². The van der Waals surface area contributed by atoms with Gasteiger partial charge in [0.2, 0.25) is 5.91 Å². The Labute approximate surface area is 175 Å². The van der Waals surface area contributed by atoms with Gasteiger partial charge < -0.3 is 14.2 Å². The normalized spacial score (nSPS) is 11.0. The van der Waals surface area contributed by atoms with Gasteiger partial charge in [0.1, 0.15) is 5.75 Å². The highest BCUT2D eigenvalue weighted by molar-refractivity contribution is 7.14. The molecular weight excluding hydrogens is 414 g/mol. The number of thiazole rings is 1. The molecule has 6 nitrogen and oxygen atoms in total. The molecule has 0 aliphatic carbocycles. The molecule has 0 radical (unpaired) electrons. The second-order valence-corrected chi connectivity index (χ2v) is 6.71. The van der Waals surface area contributed by atoms with Crippen molar-refractivity contribution in [2.75, 3.05) is 19.5 Å². The molecule has 0 bridgehead atoms. The van der Waals surface area contributed by atoms with Gasteiger partial charge >= 0.3 is 6.61 Å². The number of hydrogen-bond donors (Lipinski definition) is 1. The summed E-state index contributed by atoms with van der Waals surface area (Å²) in [5, 5.41) is 4.64. The van der Waals surface area contributed by atoms with Crippen molar-refractivity contribution >= 4 is 28.5 Å². The van der Waals surface area contributed by atoms with Crippen LogP contribution in [-0.4, -0.2) is 31.7 Å². The molecule has 2 aromatic carbocycles. The highest BCUT2D eigenvalue weighted by Crippen LogP contribution is 2.33.